The maximum absolute atomic E-state index is 13.9. The van der Waals surface area contributed by atoms with Crippen molar-refractivity contribution in [2.45, 2.75) is 134 Å². The Morgan fingerprint density at radius 2 is 1.32 bits per heavy atom. The second-order valence-corrected chi connectivity index (χ2v) is 15.2. The van der Waals surface area contributed by atoms with E-state index in [-0.39, 0.29) is 11.4 Å². The van der Waals surface area contributed by atoms with Crippen LogP contribution in [-0.4, -0.2) is 43.7 Å². The molecule has 4 rings (SSSR count). The first kappa shape index (κ1) is 41.7. The molecule has 0 fully saturated rings. The first-order valence-electron chi connectivity index (χ1n) is 19.8. The van der Waals surface area contributed by atoms with Crippen LogP contribution < -0.4 is 14.6 Å². The van der Waals surface area contributed by atoms with Crippen LogP contribution in [-0.2, 0) is 14.9 Å². The maximum Gasteiger partial charge on any atom is 0.298 e. The number of hydrogen-bond acceptors (Lipinski definition) is 8. The standard InChI is InChI=1S/C42H59N5O5S/c1-4-7-8-9-10-11-12-13-14-15-16-17-18-19-23-26-38-41(44-43-34-27-29-35(30-28-34)46(5-2)6-3)42(48)47(45-38)36-31-32-39(40(33-36)53(49,50)51)52-37-24-21-20-22-25-37/h20-22,24-25,27-33,41H,4-19,23,26H2,1-3H3,(H,49,50,51)/b44-43+. The number of hydrogen-bond donors (Lipinski definition) is 1. The van der Waals surface area contributed by atoms with Crippen LogP contribution in [0, 0.1) is 0 Å². The second-order valence-electron chi connectivity index (χ2n) is 13.8. The summed E-state index contributed by atoms with van der Waals surface area (Å²) in [6.45, 7) is 8.26. The third-order valence-corrected chi connectivity index (χ3v) is 10.6. The van der Waals surface area contributed by atoms with Gasteiger partial charge in [0.2, 0.25) is 0 Å². The van der Waals surface area contributed by atoms with E-state index in [1.165, 1.54) is 89.2 Å². The fraction of sp³-hybridized carbons (Fsp3) is 0.524. The number of hydrazone groups is 1. The van der Waals surface area contributed by atoms with Crippen molar-refractivity contribution in [3.05, 3.63) is 72.8 Å². The lowest BCUT2D eigenvalue weighted by molar-refractivity contribution is -0.117. The van der Waals surface area contributed by atoms with Gasteiger partial charge in [0.15, 0.2) is 6.04 Å². The summed E-state index contributed by atoms with van der Waals surface area (Å²) >= 11 is 0. The third-order valence-electron chi connectivity index (χ3n) is 9.71. The van der Waals surface area contributed by atoms with Crippen molar-refractivity contribution >= 4 is 38.8 Å². The van der Waals surface area contributed by atoms with Gasteiger partial charge >= 0.3 is 0 Å². The third kappa shape index (κ3) is 13.4. The van der Waals surface area contributed by atoms with Crippen molar-refractivity contribution in [2.75, 3.05) is 23.0 Å². The van der Waals surface area contributed by atoms with Crippen LogP contribution >= 0.6 is 0 Å². The van der Waals surface area contributed by atoms with Gasteiger partial charge in [0.05, 0.1) is 17.1 Å². The lowest BCUT2D eigenvalue weighted by Gasteiger charge is -2.20. The largest absolute Gasteiger partial charge is 0.456 e. The van der Waals surface area contributed by atoms with Gasteiger partial charge in [0.1, 0.15) is 16.4 Å². The molecule has 288 valence electrons. The molecule has 11 heteroatoms. The van der Waals surface area contributed by atoms with E-state index in [0.29, 0.717) is 23.6 Å². The molecule has 1 N–H and O–H groups in total. The molecule has 0 radical (unpaired) electrons. The summed E-state index contributed by atoms with van der Waals surface area (Å²) in [4.78, 5) is 15.6. The molecule has 1 amide bonds. The Morgan fingerprint density at radius 1 is 0.755 bits per heavy atom. The van der Waals surface area contributed by atoms with Crippen LogP contribution in [0.15, 0.2) is 93.0 Å². The first-order chi connectivity index (χ1) is 25.7. The normalized spacial score (nSPS) is 14.6. The fourth-order valence-electron chi connectivity index (χ4n) is 6.63. The number of unbranched alkanes of at least 4 members (excludes halogenated alkanes) is 14. The van der Waals surface area contributed by atoms with Gasteiger partial charge in [-0.2, -0.15) is 28.8 Å². The zero-order valence-electron chi connectivity index (χ0n) is 32.0. The summed E-state index contributed by atoms with van der Waals surface area (Å²) < 4.78 is 40.8. The van der Waals surface area contributed by atoms with Gasteiger partial charge in [-0.05, 0) is 81.3 Å². The van der Waals surface area contributed by atoms with Gasteiger partial charge in [0, 0.05) is 18.8 Å². The van der Waals surface area contributed by atoms with E-state index in [0.717, 1.165) is 43.0 Å². The summed E-state index contributed by atoms with van der Waals surface area (Å²) in [6.07, 6.45) is 19.4. The lowest BCUT2D eigenvalue weighted by Crippen LogP contribution is -2.30. The smallest absolute Gasteiger partial charge is 0.298 e. The Kier molecular flexibility index (Phi) is 17.5. The predicted octanol–water partition coefficient (Wildman–Crippen LogP) is 11.7. The van der Waals surface area contributed by atoms with Gasteiger partial charge in [-0.25, -0.2) is 0 Å². The number of benzene rings is 3. The Balaban J connectivity index is 1.39. The van der Waals surface area contributed by atoms with E-state index >= 15 is 0 Å². The zero-order chi connectivity index (χ0) is 37.9. The van der Waals surface area contributed by atoms with Gasteiger partial charge in [-0.15, -0.1) is 0 Å². The molecule has 53 heavy (non-hydrogen) atoms. The SMILES string of the molecule is CCCCCCCCCCCCCCCCCC1=NN(c2ccc(Oc3ccccc3)c(S(=O)(=O)O)c2)C(=O)C1/N=N/c1ccc(N(CC)CC)cc1. The molecular weight excluding hydrogens is 687 g/mol. The average Bonchev–Trinajstić information content (AvgIpc) is 3.47. The quantitative estimate of drug-likeness (QED) is 0.0523. The van der Waals surface area contributed by atoms with Crippen molar-refractivity contribution in [2.24, 2.45) is 15.3 Å². The molecule has 0 aliphatic carbocycles. The van der Waals surface area contributed by atoms with Crippen LogP contribution in [0.4, 0.5) is 17.1 Å². The Labute approximate surface area is 317 Å². The molecule has 0 saturated carbocycles. The van der Waals surface area contributed by atoms with E-state index in [4.69, 9.17) is 4.74 Å². The van der Waals surface area contributed by atoms with Crippen molar-refractivity contribution in [3.8, 4) is 11.5 Å². The lowest BCUT2D eigenvalue weighted by atomic mass is 10.0. The van der Waals surface area contributed by atoms with E-state index in [2.05, 4.69) is 41.0 Å². The van der Waals surface area contributed by atoms with Crippen LogP contribution in [0.1, 0.15) is 124 Å². The maximum atomic E-state index is 13.9. The number of anilines is 2. The summed E-state index contributed by atoms with van der Waals surface area (Å²) in [5.74, 6) is -0.111. The molecular formula is C42H59N5O5S. The van der Waals surface area contributed by atoms with Crippen molar-refractivity contribution in [1.29, 1.82) is 0 Å². The number of carbonyl (C=O) groups is 1. The number of amides is 1. The number of para-hydroxylation sites is 1. The van der Waals surface area contributed by atoms with Crippen LogP contribution in [0.3, 0.4) is 0 Å². The zero-order valence-corrected chi connectivity index (χ0v) is 32.8. The molecule has 0 bridgehead atoms. The van der Waals surface area contributed by atoms with E-state index in [1.807, 2.05) is 30.3 Å². The molecule has 1 aliphatic rings. The van der Waals surface area contributed by atoms with Crippen LogP contribution in [0.5, 0.6) is 11.5 Å². The molecule has 1 aliphatic heterocycles. The van der Waals surface area contributed by atoms with Gasteiger partial charge in [-0.3, -0.25) is 9.35 Å². The van der Waals surface area contributed by atoms with Crippen LogP contribution in [0.2, 0.25) is 0 Å². The van der Waals surface area contributed by atoms with Gasteiger partial charge in [0.25, 0.3) is 16.0 Å². The molecule has 0 saturated heterocycles. The number of azo groups is 1. The minimum absolute atomic E-state index is 0.0690. The first-order valence-corrected chi connectivity index (χ1v) is 21.2. The highest BCUT2D eigenvalue weighted by Gasteiger charge is 2.37. The molecule has 10 nitrogen and oxygen atoms in total. The highest BCUT2D eigenvalue weighted by Crippen LogP contribution is 2.35. The van der Waals surface area contributed by atoms with Crippen molar-refractivity contribution in [3.63, 3.8) is 0 Å². The topological polar surface area (TPSA) is 124 Å². The molecule has 1 unspecified atom stereocenters. The molecule has 1 heterocycles. The molecule has 1 atom stereocenters. The van der Waals surface area contributed by atoms with Gasteiger partial charge < -0.3 is 9.64 Å². The number of nitrogens with zero attached hydrogens (tertiary/aromatic N) is 5. The summed E-state index contributed by atoms with van der Waals surface area (Å²) in [6, 6.07) is 19.6. The number of rotatable bonds is 25. The van der Waals surface area contributed by atoms with E-state index < -0.39 is 27.0 Å². The molecule has 0 aromatic heterocycles. The Morgan fingerprint density at radius 3 is 1.87 bits per heavy atom. The summed E-state index contributed by atoms with van der Waals surface area (Å²) in [7, 11) is -4.70. The minimum atomic E-state index is -4.70. The minimum Gasteiger partial charge on any atom is -0.456 e. The molecule has 3 aromatic carbocycles. The van der Waals surface area contributed by atoms with Gasteiger partial charge in [-0.1, -0.05) is 115 Å². The van der Waals surface area contributed by atoms with E-state index in [1.54, 1.807) is 30.3 Å². The highest BCUT2D eigenvalue weighted by molar-refractivity contribution is 7.86. The predicted molar refractivity (Wildman–Crippen MR) is 216 cm³/mol. The van der Waals surface area contributed by atoms with Crippen molar-refractivity contribution in [1.82, 2.24) is 0 Å². The van der Waals surface area contributed by atoms with E-state index in [9.17, 15) is 17.8 Å². The number of ether oxygens (including phenoxy) is 1. The molecule has 0 spiro atoms. The summed E-state index contributed by atoms with van der Waals surface area (Å²) in [5.41, 5.74) is 2.46. The fourth-order valence-corrected chi connectivity index (χ4v) is 7.26. The Bertz CT molecular complexity index is 1710. The molecule has 3 aromatic rings. The monoisotopic (exact) mass is 745 g/mol. The summed E-state index contributed by atoms with van der Waals surface area (Å²) in [5, 5.41) is 14.7. The number of carbonyl (C=O) groups excluding carboxylic acids is 1. The second kappa shape index (κ2) is 22.2. The Hall–Kier alpha value is -4.09. The average molecular weight is 746 g/mol. The highest BCUT2D eigenvalue weighted by atomic mass is 32.2. The van der Waals surface area contributed by atoms with Crippen LogP contribution in [0.25, 0.3) is 0 Å². The van der Waals surface area contributed by atoms with Crippen molar-refractivity contribution < 1.29 is 22.5 Å².